The van der Waals surface area contributed by atoms with Gasteiger partial charge in [0.05, 0.1) is 24.7 Å². The quantitative estimate of drug-likeness (QED) is 0.316. The van der Waals surface area contributed by atoms with E-state index in [9.17, 15) is 9.59 Å². The zero-order valence-corrected chi connectivity index (χ0v) is 19.4. The molecule has 5 rings (SSSR count). The number of rotatable bonds is 6. The predicted octanol–water partition coefficient (Wildman–Crippen LogP) is 6.42. The minimum Gasteiger partial charge on any atom is -0.465 e. The average Bonchev–Trinajstić information content (AvgIpc) is 3.19. The summed E-state index contributed by atoms with van der Waals surface area (Å²) in [5.41, 5.74) is 3.96. The van der Waals surface area contributed by atoms with Crippen molar-refractivity contribution in [3.05, 3.63) is 95.2 Å². The first-order valence-electron chi connectivity index (χ1n) is 11.7. The van der Waals surface area contributed by atoms with Gasteiger partial charge in [-0.1, -0.05) is 55.8 Å². The highest BCUT2D eigenvalue weighted by Gasteiger charge is 2.32. The van der Waals surface area contributed by atoms with Gasteiger partial charge in [-0.3, -0.25) is 4.79 Å². The van der Waals surface area contributed by atoms with Crippen molar-refractivity contribution in [2.24, 2.45) is 5.92 Å². The molecule has 0 bridgehead atoms. The van der Waals surface area contributed by atoms with Crippen molar-refractivity contribution in [3.63, 3.8) is 0 Å². The third-order valence-corrected chi connectivity index (χ3v) is 6.69. The van der Waals surface area contributed by atoms with E-state index >= 15 is 0 Å². The van der Waals surface area contributed by atoms with Crippen molar-refractivity contribution in [3.8, 4) is 11.5 Å². The second-order valence-electron chi connectivity index (χ2n) is 8.73. The summed E-state index contributed by atoms with van der Waals surface area (Å²) in [5.74, 6) is 1.50. The molecule has 3 aromatic carbocycles. The maximum absolute atomic E-state index is 13.3. The van der Waals surface area contributed by atoms with Gasteiger partial charge >= 0.3 is 5.97 Å². The number of hydrogen-bond acceptors (Lipinski definition) is 4. The molecule has 34 heavy (non-hydrogen) atoms. The largest absolute Gasteiger partial charge is 0.465 e. The van der Waals surface area contributed by atoms with Crippen LogP contribution in [0.25, 0.3) is 10.9 Å². The number of benzene rings is 3. The Morgan fingerprint density at radius 3 is 2.50 bits per heavy atom. The van der Waals surface area contributed by atoms with E-state index in [0.717, 1.165) is 41.1 Å². The molecule has 4 aromatic rings. The standard InChI is InChI=1S/C29H27NO4/c1-3-19-16-24-28(25(31)17-19)27-22(29(32)33-2)13-9-14-23(27)30(24)18-20-10-7-8-15-26(20)34-21-11-5-4-6-12-21/h4-15,19H,3,16-18H2,1-2H3. The molecular weight excluding hydrogens is 426 g/mol. The number of carbonyl (C=O) groups is 2. The summed E-state index contributed by atoms with van der Waals surface area (Å²) in [6.45, 7) is 2.65. The number of ketones is 1. The number of hydrogen-bond donors (Lipinski definition) is 0. The number of para-hydroxylation sites is 2. The first-order valence-corrected chi connectivity index (χ1v) is 11.7. The molecule has 5 heteroatoms. The van der Waals surface area contributed by atoms with Crippen LogP contribution in [0.15, 0.2) is 72.8 Å². The number of ether oxygens (including phenoxy) is 2. The Kier molecular flexibility index (Phi) is 5.93. The number of methoxy groups -OCH3 is 1. The van der Waals surface area contributed by atoms with E-state index in [-0.39, 0.29) is 5.78 Å². The van der Waals surface area contributed by atoms with Crippen LogP contribution in [0.1, 0.15) is 51.7 Å². The third-order valence-electron chi connectivity index (χ3n) is 6.69. The molecule has 0 saturated carbocycles. The molecule has 0 N–H and O–H groups in total. The second kappa shape index (κ2) is 9.18. The summed E-state index contributed by atoms with van der Waals surface area (Å²) in [6, 6.07) is 23.2. The van der Waals surface area contributed by atoms with Crippen LogP contribution in [-0.4, -0.2) is 23.4 Å². The van der Waals surface area contributed by atoms with Crippen LogP contribution < -0.4 is 4.74 Å². The van der Waals surface area contributed by atoms with Gasteiger partial charge in [-0.2, -0.15) is 0 Å². The Morgan fingerprint density at radius 1 is 0.971 bits per heavy atom. The molecule has 5 nitrogen and oxygen atoms in total. The molecule has 0 fully saturated rings. The van der Waals surface area contributed by atoms with Crippen LogP contribution in [0.4, 0.5) is 0 Å². The van der Waals surface area contributed by atoms with Gasteiger partial charge < -0.3 is 14.0 Å². The van der Waals surface area contributed by atoms with Gasteiger partial charge in [0.1, 0.15) is 11.5 Å². The van der Waals surface area contributed by atoms with Crippen molar-refractivity contribution < 1.29 is 19.1 Å². The summed E-state index contributed by atoms with van der Waals surface area (Å²) in [4.78, 5) is 25.9. The highest BCUT2D eigenvalue weighted by molar-refractivity contribution is 6.16. The molecule has 0 spiro atoms. The van der Waals surface area contributed by atoms with Gasteiger partial charge in [0.2, 0.25) is 0 Å². The summed E-state index contributed by atoms with van der Waals surface area (Å²) in [7, 11) is 1.37. The Bertz CT molecular complexity index is 1370. The summed E-state index contributed by atoms with van der Waals surface area (Å²) in [5, 5.41) is 0.699. The average molecular weight is 454 g/mol. The monoisotopic (exact) mass is 453 g/mol. The maximum atomic E-state index is 13.3. The molecule has 0 radical (unpaired) electrons. The molecule has 1 unspecified atom stereocenters. The first kappa shape index (κ1) is 22.0. The van der Waals surface area contributed by atoms with Crippen molar-refractivity contribution in [2.75, 3.05) is 7.11 Å². The number of aromatic nitrogens is 1. The van der Waals surface area contributed by atoms with Crippen molar-refractivity contribution in [1.82, 2.24) is 4.57 Å². The minimum absolute atomic E-state index is 0.0991. The van der Waals surface area contributed by atoms with Crippen LogP contribution in [0.5, 0.6) is 11.5 Å². The maximum Gasteiger partial charge on any atom is 0.338 e. The van der Waals surface area contributed by atoms with E-state index in [1.54, 1.807) is 6.07 Å². The van der Waals surface area contributed by atoms with Crippen LogP contribution in [0, 0.1) is 5.92 Å². The van der Waals surface area contributed by atoms with Gasteiger partial charge in [-0.15, -0.1) is 0 Å². The molecule has 0 amide bonds. The Balaban J connectivity index is 1.67. The highest BCUT2D eigenvalue weighted by Crippen LogP contribution is 2.38. The SMILES string of the molecule is CCC1CC(=O)c2c(n(Cc3ccccc3Oc3ccccc3)c3cccc(C(=O)OC)c23)C1. The predicted molar refractivity (Wildman–Crippen MR) is 132 cm³/mol. The molecule has 1 atom stereocenters. The lowest BCUT2D eigenvalue weighted by atomic mass is 9.84. The zero-order chi connectivity index (χ0) is 23.7. The zero-order valence-electron chi connectivity index (χ0n) is 19.4. The number of carbonyl (C=O) groups excluding carboxylic acids is 2. The van der Waals surface area contributed by atoms with Crippen molar-refractivity contribution >= 4 is 22.7 Å². The van der Waals surface area contributed by atoms with Crippen molar-refractivity contribution in [1.29, 1.82) is 0 Å². The van der Waals surface area contributed by atoms with Gasteiger partial charge in [0.25, 0.3) is 0 Å². The fourth-order valence-corrected chi connectivity index (χ4v) is 4.94. The van der Waals surface area contributed by atoms with Gasteiger partial charge in [-0.25, -0.2) is 4.79 Å². The van der Waals surface area contributed by atoms with E-state index < -0.39 is 5.97 Å². The highest BCUT2D eigenvalue weighted by atomic mass is 16.5. The molecule has 1 aromatic heterocycles. The van der Waals surface area contributed by atoms with E-state index in [0.29, 0.717) is 35.4 Å². The van der Waals surface area contributed by atoms with Crippen molar-refractivity contribution in [2.45, 2.75) is 32.7 Å². The molecule has 1 heterocycles. The number of fused-ring (bicyclic) bond motifs is 3. The summed E-state index contributed by atoms with van der Waals surface area (Å²) >= 11 is 0. The Labute approximate surface area is 198 Å². The van der Waals surface area contributed by atoms with E-state index in [1.807, 2.05) is 66.7 Å². The molecular formula is C29H27NO4. The number of nitrogens with zero attached hydrogens (tertiary/aromatic N) is 1. The normalized spacial score (nSPS) is 15.2. The summed E-state index contributed by atoms with van der Waals surface area (Å²) in [6.07, 6.45) is 2.24. The van der Waals surface area contributed by atoms with E-state index in [1.165, 1.54) is 7.11 Å². The Morgan fingerprint density at radius 2 is 1.74 bits per heavy atom. The number of Topliss-reactive ketones (excluding diaryl/α,β-unsaturated/α-hetero) is 1. The van der Waals surface area contributed by atoms with Crippen LogP contribution in [0.2, 0.25) is 0 Å². The van der Waals surface area contributed by atoms with Crippen LogP contribution in [-0.2, 0) is 17.7 Å². The molecule has 1 aliphatic rings. The van der Waals surface area contributed by atoms with Gasteiger partial charge in [0, 0.05) is 28.6 Å². The lowest BCUT2D eigenvalue weighted by Crippen LogP contribution is -2.21. The van der Waals surface area contributed by atoms with Gasteiger partial charge in [-0.05, 0) is 42.7 Å². The fraction of sp³-hybridized carbons (Fsp3) is 0.241. The van der Waals surface area contributed by atoms with Crippen LogP contribution >= 0.6 is 0 Å². The lowest BCUT2D eigenvalue weighted by molar-refractivity contribution is 0.0603. The minimum atomic E-state index is -0.427. The smallest absolute Gasteiger partial charge is 0.338 e. The molecule has 0 saturated heterocycles. The first-order chi connectivity index (χ1) is 16.6. The fourth-order valence-electron chi connectivity index (χ4n) is 4.94. The van der Waals surface area contributed by atoms with E-state index in [4.69, 9.17) is 9.47 Å². The molecule has 1 aliphatic carbocycles. The van der Waals surface area contributed by atoms with Crippen LogP contribution in [0.3, 0.4) is 0 Å². The van der Waals surface area contributed by atoms with E-state index in [2.05, 4.69) is 11.5 Å². The summed E-state index contributed by atoms with van der Waals surface area (Å²) < 4.78 is 13.4. The second-order valence-corrected chi connectivity index (χ2v) is 8.73. The number of esters is 1. The Hall–Kier alpha value is -3.86. The van der Waals surface area contributed by atoms with Gasteiger partial charge in [0.15, 0.2) is 5.78 Å². The lowest BCUT2D eigenvalue weighted by Gasteiger charge is -2.23. The third kappa shape index (κ3) is 3.87. The topological polar surface area (TPSA) is 57.5 Å². The molecule has 0 aliphatic heterocycles. The molecule has 172 valence electrons.